The van der Waals surface area contributed by atoms with Crippen LogP contribution in [0.4, 0.5) is 18.9 Å². The van der Waals surface area contributed by atoms with Gasteiger partial charge in [-0.25, -0.2) is 0 Å². The molecule has 0 saturated carbocycles. The molecule has 0 aromatic heterocycles. The number of nitrogens with zero attached hydrogens (tertiary/aromatic N) is 1. The number of benzene rings is 2. The molecule has 25 heavy (non-hydrogen) atoms. The minimum Gasteiger partial charge on any atom is -0.312 e. The largest absolute Gasteiger partial charge is 0.416 e. The number of carbonyl (C=O) groups is 1. The molecular weight excluding hydrogens is 351 g/mol. The van der Waals surface area contributed by atoms with Gasteiger partial charge in [-0.2, -0.15) is 13.2 Å². The summed E-state index contributed by atoms with van der Waals surface area (Å²) in [6, 6.07) is 11.9. The van der Waals surface area contributed by atoms with E-state index in [4.69, 9.17) is 11.6 Å². The smallest absolute Gasteiger partial charge is 0.312 e. The zero-order valence-corrected chi connectivity index (χ0v) is 14.3. The van der Waals surface area contributed by atoms with E-state index in [1.807, 2.05) is 13.0 Å². The molecule has 0 bridgehead atoms. The molecular formula is C19H17ClF3NO. The minimum atomic E-state index is -4.39. The molecule has 3 rings (SSSR count). The standard InChI is InChI=1S/C19H17ClF3NO/c1-2-12-11-24(16-8-6-14(7-9-16)19(21,22)23)18(25)17(12)13-4-3-5-15(20)10-13/h3-10,12,17H,2,11H2,1H3. The third-order valence-corrected chi connectivity index (χ3v) is 4.89. The number of hydrogen-bond acceptors (Lipinski definition) is 1. The van der Waals surface area contributed by atoms with Crippen molar-refractivity contribution in [3.63, 3.8) is 0 Å². The number of halogens is 4. The number of rotatable bonds is 3. The van der Waals surface area contributed by atoms with Crippen molar-refractivity contribution in [1.82, 2.24) is 0 Å². The summed E-state index contributed by atoms with van der Waals surface area (Å²) in [6.45, 7) is 2.49. The van der Waals surface area contributed by atoms with Crippen LogP contribution in [0, 0.1) is 5.92 Å². The van der Waals surface area contributed by atoms with Crippen LogP contribution in [-0.2, 0) is 11.0 Å². The summed E-state index contributed by atoms with van der Waals surface area (Å²) in [4.78, 5) is 14.5. The lowest BCUT2D eigenvalue weighted by Gasteiger charge is -2.18. The molecule has 2 aromatic rings. The molecule has 0 radical (unpaired) electrons. The second-order valence-electron chi connectivity index (χ2n) is 6.19. The lowest BCUT2D eigenvalue weighted by atomic mass is 9.87. The Kier molecular flexibility index (Phi) is 4.78. The van der Waals surface area contributed by atoms with E-state index < -0.39 is 11.7 Å². The fraction of sp³-hybridized carbons (Fsp3) is 0.316. The van der Waals surface area contributed by atoms with Crippen LogP contribution in [-0.4, -0.2) is 12.5 Å². The maximum absolute atomic E-state index is 12.9. The zero-order valence-electron chi connectivity index (χ0n) is 13.6. The Morgan fingerprint density at radius 2 is 1.84 bits per heavy atom. The summed E-state index contributed by atoms with van der Waals surface area (Å²) >= 11 is 6.04. The van der Waals surface area contributed by atoms with E-state index >= 15 is 0 Å². The zero-order chi connectivity index (χ0) is 18.2. The SMILES string of the molecule is CCC1CN(c2ccc(C(F)(F)F)cc2)C(=O)C1c1cccc(Cl)c1. The molecule has 1 aliphatic rings. The van der Waals surface area contributed by atoms with Crippen molar-refractivity contribution in [3.05, 3.63) is 64.7 Å². The van der Waals surface area contributed by atoms with Crippen LogP contribution in [0.5, 0.6) is 0 Å². The number of anilines is 1. The highest BCUT2D eigenvalue weighted by atomic mass is 35.5. The van der Waals surface area contributed by atoms with Crippen molar-refractivity contribution < 1.29 is 18.0 Å². The lowest BCUT2D eigenvalue weighted by Crippen LogP contribution is -2.26. The summed E-state index contributed by atoms with van der Waals surface area (Å²) in [5.41, 5.74) is 0.612. The molecule has 1 fully saturated rings. The fourth-order valence-corrected chi connectivity index (χ4v) is 3.54. The van der Waals surface area contributed by atoms with E-state index in [1.54, 1.807) is 23.1 Å². The Morgan fingerprint density at radius 1 is 1.16 bits per heavy atom. The molecule has 1 amide bonds. The van der Waals surface area contributed by atoms with Crippen LogP contribution < -0.4 is 4.90 Å². The van der Waals surface area contributed by atoms with E-state index in [2.05, 4.69) is 0 Å². The van der Waals surface area contributed by atoms with Crippen LogP contribution in [0.1, 0.15) is 30.4 Å². The molecule has 0 spiro atoms. The quantitative estimate of drug-likeness (QED) is 0.700. The number of carbonyl (C=O) groups excluding carboxylic acids is 1. The average Bonchev–Trinajstić information content (AvgIpc) is 2.91. The molecule has 0 aliphatic carbocycles. The van der Waals surface area contributed by atoms with Crippen LogP contribution in [0.15, 0.2) is 48.5 Å². The maximum atomic E-state index is 12.9. The molecule has 2 unspecified atom stereocenters. The predicted octanol–water partition coefficient (Wildman–Crippen LogP) is 5.52. The lowest BCUT2D eigenvalue weighted by molar-refractivity contribution is -0.137. The average molecular weight is 368 g/mol. The van der Waals surface area contributed by atoms with Crippen LogP contribution >= 0.6 is 11.6 Å². The molecule has 0 N–H and O–H groups in total. The first-order valence-corrected chi connectivity index (χ1v) is 8.43. The summed E-state index contributed by atoms with van der Waals surface area (Å²) in [6.07, 6.45) is -3.59. The summed E-state index contributed by atoms with van der Waals surface area (Å²) in [7, 11) is 0. The number of amides is 1. The van der Waals surface area contributed by atoms with Crippen molar-refractivity contribution in [3.8, 4) is 0 Å². The van der Waals surface area contributed by atoms with Gasteiger partial charge in [0, 0.05) is 17.3 Å². The summed E-state index contributed by atoms with van der Waals surface area (Å²) in [5.74, 6) is -0.340. The highest BCUT2D eigenvalue weighted by Gasteiger charge is 2.41. The van der Waals surface area contributed by atoms with Crippen LogP contribution in [0.2, 0.25) is 5.02 Å². The molecule has 2 nitrogen and oxygen atoms in total. The first-order valence-electron chi connectivity index (χ1n) is 8.05. The third kappa shape index (κ3) is 3.52. The van der Waals surface area contributed by atoms with Crippen molar-refractivity contribution in [1.29, 1.82) is 0 Å². The van der Waals surface area contributed by atoms with E-state index in [0.717, 1.165) is 24.1 Å². The minimum absolute atomic E-state index is 0.0910. The van der Waals surface area contributed by atoms with Crippen molar-refractivity contribution >= 4 is 23.2 Å². The van der Waals surface area contributed by atoms with Gasteiger partial charge in [0.05, 0.1) is 11.5 Å². The Balaban J connectivity index is 1.90. The molecule has 2 atom stereocenters. The molecule has 1 heterocycles. The fourth-order valence-electron chi connectivity index (χ4n) is 3.34. The normalized spacial score (nSPS) is 21.0. The van der Waals surface area contributed by atoms with Gasteiger partial charge in [-0.05, 0) is 47.9 Å². The van der Waals surface area contributed by atoms with Gasteiger partial charge in [0.15, 0.2) is 0 Å². The Hall–Kier alpha value is -2.01. The topological polar surface area (TPSA) is 20.3 Å². The van der Waals surface area contributed by atoms with Crippen molar-refractivity contribution in [2.75, 3.05) is 11.4 Å². The molecule has 6 heteroatoms. The van der Waals surface area contributed by atoms with E-state index in [0.29, 0.717) is 17.3 Å². The van der Waals surface area contributed by atoms with Gasteiger partial charge in [0.2, 0.25) is 5.91 Å². The van der Waals surface area contributed by atoms with Gasteiger partial charge in [-0.1, -0.05) is 37.1 Å². The van der Waals surface area contributed by atoms with Gasteiger partial charge in [0.25, 0.3) is 0 Å². The third-order valence-electron chi connectivity index (χ3n) is 4.66. The van der Waals surface area contributed by atoms with Crippen LogP contribution in [0.25, 0.3) is 0 Å². The Morgan fingerprint density at radius 3 is 2.40 bits per heavy atom. The molecule has 1 aliphatic heterocycles. The predicted molar refractivity (Wildman–Crippen MR) is 91.8 cm³/mol. The maximum Gasteiger partial charge on any atom is 0.416 e. The highest BCUT2D eigenvalue weighted by Crippen LogP contribution is 2.39. The Labute approximate surface area is 149 Å². The van der Waals surface area contributed by atoms with Crippen molar-refractivity contribution in [2.24, 2.45) is 5.92 Å². The monoisotopic (exact) mass is 367 g/mol. The van der Waals surface area contributed by atoms with Gasteiger partial charge in [-0.15, -0.1) is 0 Å². The molecule has 132 valence electrons. The van der Waals surface area contributed by atoms with Gasteiger partial charge in [-0.3, -0.25) is 4.79 Å². The first kappa shape index (κ1) is 17.8. The van der Waals surface area contributed by atoms with Gasteiger partial charge >= 0.3 is 6.18 Å². The highest BCUT2D eigenvalue weighted by molar-refractivity contribution is 6.30. The Bertz CT molecular complexity index is 773. The summed E-state index contributed by atoms with van der Waals surface area (Å²) < 4.78 is 38.2. The van der Waals surface area contributed by atoms with E-state index in [1.165, 1.54) is 12.1 Å². The van der Waals surface area contributed by atoms with E-state index in [-0.39, 0.29) is 17.7 Å². The van der Waals surface area contributed by atoms with Crippen molar-refractivity contribution in [2.45, 2.75) is 25.4 Å². The molecule has 1 saturated heterocycles. The van der Waals surface area contributed by atoms with Gasteiger partial charge < -0.3 is 4.90 Å². The summed E-state index contributed by atoms with van der Waals surface area (Å²) in [5, 5.41) is 0.563. The first-order chi connectivity index (χ1) is 11.8. The molecule has 2 aromatic carbocycles. The second-order valence-corrected chi connectivity index (χ2v) is 6.63. The number of alkyl halides is 3. The van der Waals surface area contributed by atoms with Gasteiger partial charge in [0.1, 0.15) is 0 Å². The number of hydrogen-bond donors (Lipinski definition) is 0. The van der Waals surface area contributed by atoms with E-state index in [9.17, 15) is 18.0 Å². The second kappa shape index (κ2) is 6.71. The van der Waals surface area contributed by atoms with Crippen LogP contribution in [0.3, 0.4) is 0 Å².